The topological polar surface area (TPSA) is 52.7 Å². The van der Waals surface area contributed by atoms with Gasteiger partial charge in [0.05, 0.1) is 5.92 Å². The van der Waals surface area contributed by atoms with Gasteiger partial charge in [0.15, 0.2) is 0 Å². The Kier molecular flexibility index (Phi) is 4.40. The van der Waals surface area contributed by atoms with Crippen molar-refractivity contribution in [3.8, 4) is 0 Å². The van der Waals surface area contributed by atoms with Gasteiger partial charge in [-0.2, -0.15) is 0 Å². The Morgan fingerprint density at radius 2 is 1.96 bits per heavy atom. The molecule has 3 aliphatic rings. The van der Waals surface area contributed by atoms with E-state index in [1.165, 1.54) is 11.1 Å². The molecule has 2 aliphatic heterocycles. The minimum absolute atomic E-state index is 0.00895. The molecule has 1 aromatic carbocycles. The Balaban J connectivity index is 1.46. The molecule has 0 spiro atoms. The van der Waals surface area contributed by atoms with Crippen LogP contribution in [0.5, 0.6) is 0 Å². The predicted octanol–water partition coefficient (Wildman–Crippen LogP) is 2.86. The van der Waals surface area contributed by atoms with Gasteiger partial charge in [-0.1, -0.05) is 17.7 Å². The zero-order valence-electron chi connectivity index (χ0n) is 15.0. The zero-order valence-corrected chi connectivity index (χ0v) is 15.0. The molecule has 4 rings (SSSR count). The van der Waals surface area contributed by atoms with Crippen LogP contribution in [-0.4, -0.2) is 42.5 Å². The fourth-order valence-electron chi connectivity index (χ4n) is 4.03. The minimum Gasteiger partial charge on any atom is -0.335 e. The number of carbonyl (C=O) groups excluding carboxylic acids is 2. The lowest BCUT2D eigenvalue weighted by atomic mass is 9.93. The summed E-state index contributed by atoms with van der Waals surface area (Å²) in [6.45, 7) is 4.20. The molecule has 0 radical (unpaired) electrons. The van der Waals surface area contributed by atoms with Gasteiger partial charge in [0.2, 0.25) is 5.91 Å². The maximum Gasteiger partial charge on any atom is 0.317 e. The van der Waals surface area contributed by atoms with Crippen LogP contribution in [0.15, 0.2) is 18.2 Å². The van der Waals surface area contributed by atoms with Crippen LogP contribution in [-0.2, 0) is 11.2 Å². The van der Waals surface area contributed by atoms with Crippen LogP contribution >= 0.6 is 0 Å². The number of piperidine rings is 1. The van der Waals surface area contributed by atoms with Crippen molar-refractivity contribution in [1.82, 2.24) is 10.2 Å². The van der Waals surface area contributed by atoms with E-state index >= 15 is 0 Å². The third-order valence-electron chi connectivity index (χ3n) is 5.58. The molecule has 1 saturated heterocycles. The Bertz CT molecular complexity index is 684. The molecule has 1 saturated carbocycles. The number of anilines is 1. The van der Waals surface area contributed by atoms with E-state index in [2.05, 4.69) is 30.4 Å². The maximum absolute atomic E-state index is 13.2. The van der Waals surface area contributed by atoms with Gasteiger partial charge in [-0.25, -0.2) is 4.79 Å². The molecule has 0 aromatic heterocycles. The third-order valence-corrected chi connectivity index (χ3v) is 5.58. The fourth-order valence-corrected chi connectivity index (χ4v) is 4.03. The zero-order chi connectivity index (χ0) is 17.4. The highest BCUT2D eigenvalue weighted by Crippen LogP contribution is 2.31. The van der Waals surface area contributed by atoms with E-state index in [0.717, 1.165) is 57.3 Å². The second kappa shape index (κ2) is 6.70. The standard InChI is InChI=1S/C20H27N3O2/c1-14-6-9-18-15(12-14)4-3-11-23(18)19(24)16-5-2-10-22(13-16)20(25)21-17-7-8-17/h6,9,12,16-17H,2-5,7-8,10-11,13H2,1H3,(H,21,25). The second-order valence-corrected chi connectivity index (χ2v) is 7.73. The molecule has 134 valence electrons. The number of fused-ring (bicyclic) bond motifs is 1. The molecule has 1 aromatic rings. The number of hydrogen-bond acceptors (Lipinski definition) is 2. The van der Waals surface area contributed by atoms with Crippen LogP contribution in [0.3, 0.4) is 0 Å². The Hall–Kier alpha value is -2.04. The highest BCUT2D eigenvalue weighted by atomic mass is 16.2. The van der Waals surface area contributed by atoms with Crippen LogP contribution in [0.1, 0.15) is 43.2 Å². The number of carbonyl (C=O) groups is 2. The second-order valence-electron chi connectivity index (χ2n) is 7.73. The van der Waals surface area contributed by atoms with E-state index in [0.29, 0.717) is 12.6 Å². The van der Waals surface area contributed by atoms with Gasteiger partial charge >= 0.3 is 6.03 Å². The van der Waals surface area contributed by atoms with Crippen molar-refractivity contribution in [3.05, 3.63) is 29.3 Å². The molecule has 2 heterocycles. The quantitative estimate of drug-likeness (QED) is 0.899. The lowest BCUT2D eigenvalue weighted by Crippen LogP contribution is -2.50. The van der Waals surface area contributed by atoms with E-state index in [1.54, 1.807) is 0 Å². The lowest BCUT2D eigenvalue weighted by molar-refractivity contribution is -0.123. The molecule has 5 heteroatoms. The summed E-state index contributed by atoms with van der Waals surface area (Å²) in [6, 6.07) is 6.74. The van der Waals surface area contributed by atoms with Crippen LogP contribution in [0.4, 0.5) is 10.5 Å². The summed E-state index contributed by atoms with van der Waals surface area (Å²) >= 11 is 0. The number of benzene rings is 1. The highest BCUT2D eigenvalue weighted by molar-refractivity contribution is 5.96. The molecule has 25 heavy (non-hydrogen) atoms. The Morgan fingerprint density at radius 3 is 2.76 bits per heavy atom. The summed E-state index contributed by atoms with van der Waals surface area (Å²) < 4.78 is 0. The first kappa shape index (κ1) is 16.4. The van der Waals surface area contributed by atoms with Gasteiger partial charge in [0, 0.05) is 31.4 Å². The van der Waals surface area contributed by atoms with Crippen molar-refractivity contribution in [1.29, 1.82) is 0 Å². The molecule has 1 N–H and O–H groups in total. The van der Waals surface area contributed by atoms with Crippen molar-refractivity contribution in [2.45, 2.75) is 51.5 Å². The number of aryl methyl sites for hydroxylation is 2. The molecule has 5 nitrogen and oxygen atoms in total. The first-order valence-electron chi connectivity index (χ1n) is 9.58. The predicted molar refractivity (Wildman–Crippen MR) is 97.7 cm³/mol. The molecular formula is C20H27N3O2. The van der Waals surface area contributed by atoms with E-state index < -0.39 is 0 Å². The first-order chi connectivity index (χ1) is 12.1. The van der Waals surface area contributed by atoms with Crippen molar-refractivity contribution in [2.24, 2.45) is 5.92 Å². The Morgan fingerprint density at radius 1 is 1.12 bits per heavy atom. The largest absolute Gasteiger partial charge is 0.335 e. The van der Waals surface area contributed by atoms with Crippen molar-refractivity contribution >= 4 is 17.6 Å². The smallest absolute Gasteiger partial charge is 0.317 e. The van der Waals surface area contributed by atoms with Crippen LogP contribution in [0, 0.1) is 12.8 Å². The summed E-state index contributed by atoms with van der Waals surface area (Å²) in [5.74, 6) is 0.111. The van der Waals surface area contributed by atoms with Crippen molar-refractivity contribution in [2.75, 3.05) is 24.5 Å². The van der Waals surface area contributed by atoms with Gasteiger partial charge in [-0.15, -0.1) is 0 Å². The Labute approximate surface area is 149 Å². The SMILES string of the molecule is Cc1ccc2c(c1)CCCN2C(=O)C1CCCN(C(=O)NC2CC2)C1. The number of likely N-dealkylation sites (tertiary alicyclic amines) is 1. The molecule has 0 bridgehead atoms. The summed E-state index contributed by atoms with van der Waals surface area (Å²) in [5.41, 5.74) is 3.59. The number of hydrogen-bond donors (Lipinski definition) is 1. The van der Waals surface area contributed by atoms with Crippen molar-refractivity contribution in [3.63, 3.8) is 0 Å². The van der Waals surface area contributed by atoms with E-state index in [4.69, 9.17) is 0 Å². The number of amides is 3. The summed E-state index contributed by atoms with van der Waals surface area (Å²) in [5, 5.41) is 3.05. The van der Waals surface area contributed by atoms with E-state index in [1.807, 2.05) is 9.80 Å². The van der Waals surface area contributed by atoms with Gasteiger partial charge in [-0.05, 0) is 57.1 Å². The highest BCUT2D eigenvalue weighted by Gasteiger charge is 2.34. The van der Waals surface area contributed by atoms with E-state index in [9.17, 15) is 9.59 Å². The number of nitrogens with one attached hydrogen (secondary N) is 1. The van der Waals surface area contributed by atoms with Gasteiger partial charge in [0.1, 0.15) is 0 Å². The van der Waals surface area contributed by atoms with Gasteiger partial charge in [-0.3, -0.25) is 4.79 Å². The van der Waals surface area contributed by atoms with E-state index in [-0.39, 0.29) is 17.9 Å². The summed E-state index contributed by atoms with van der Waals surface area (Å²) in [7, 11) is 0. The molecule has 1 aliphatic carbocycles. The number of urea groups is 1. The molecular weight excluding hydrogens is 314 g/mol. The lowest BCUT2D eigenvalue weighted by Gasteiger charge is -2.37. The van der Waals surface area contributed by atoms with Crippen LogP contribution in [0.2, 0.25) is 0 Å². The summed E-state index contributed by atoms with van der Waals surface area (Å²) in [6.07, 6.45) is 6.02. The van der Waals surface area contributed by atoms with Crippen molar-refractivity contribution < 1.29 is 9.59 Å². The average molecular weight is 341 g/mol. The molecule has 1 unspecified atom stereocenters. The average Bonchev–Trinajstić information content (AvgIpc) is 3.44. The number of rotatable bonds is 2. The molecule has 2 fully saturated rings. The number of nitrogens with zero attached hydrogens (tertiary/aromatic N) is 2. The maximum atomic E-state index is 13.2. The first-order valence-corrected chi connectivity index (χ1v) is 9.58. The molecule has 3 amide bonds. The monoisotopic (exact) mass is 341 g/mol. The summed E-state index contributed by atoms with van der Waals surface area (Å²) in [4.78, 5) is 29.3. The minimum atomic E-state index is -0.0778. The third kappa shape index (κ3) is 3.51. The van der Waals surface area contributed by atoms with Crippen LogP contribution in [0.25, 0.3) is 0 Å². The van der Waals surface area contributed by atoms with Crippen LogP contribution < -0.4 is 10.2 Å². The normalized spacial score (nSPS) is 23.2. The van der Waals surface area contributed by atoms with Gasteiger partial charge in [0.25, 0.3) is 0 Å². The molecule has 1 atom stereocenters. The fraction of sp³-hybridized carbons (Fsp3) is 0.600. The van der Waals surface area contributed by atoms with Gasteiger partial charge < -0.3 is 15.1 Å².